The van der Waals surface area contributed by atoms with Crippen molar-refractivity contribution >= 4 is 11.4 Å². The summed E-state index contributed by atoms with van der Waals surface area (Å²) in [6, 6.07) is 29.3. The average molecular weight is 523 g/mol. The number of anilines is 1. The minimum Gasteiger partial charge on any atom is -0.297 e. The van der Waals surface area contributed by atoms with E-state index in [2.05, 4.69) is 165 Å². The Labute approximate surface area is 238 Å². The van der Waals surface area contributed by atoms with Gasteiger partial charge in [0.25, 0.3) is 0 Å². The molecule has 0 aromatic heterocycles. The van der Waals surface area contributed by atoms with E-state index in [4.69, 9.17) is 0 Å². The minimum atomic E-state index is 0.117. The Balaban J connectivity index is 1.62. The van der Waals surface area contributed by atoms with Crippen LogP contribution in [0.2, 0.25) is 0 Å². The molecule has 0 spiro atoms. The number of hydrogen-bond acceptors (Lipinski definition) is 2. The van der Waals surface area contributed by atoms with Gasteiger partial charge in [0.05, 0.1) is 17.4 Å². The minimum absolute atomic E-state index is 0.117. The van der Waals surface area contributed by atoms with Gasteiger partial charge in [0.2, 0.25) is 0 Å². The Kier molecular flexibility index (Phi) is 7.83. The lowest BCUT2D eigenvalue weighted by Crippen LogP contribution is -2.34. The topological polar surface area (TPSA) is 15.3 Å². The van der Waals surface area contributed by atoms with E-state index >= 15 is 0 Å². The molecule has 1 N–H and O–H groups in total. The standard InChI is InChI=1S/C37H50N2/c1-34(2,3)25-36(7,8)29-18-16-27(17-19-29)32-24-33(28-14-12-11-13-15-28)39(38-32)31-22-20-30(21-23-31)37(9,10)26-35(4,5)6/h11-24,33,38H,25-26H2,1-10H3. The van der Waals surface area contributed by atoms with Gasteiger partial charge in [-0.25, -0.2) is 0 Å². The van der Waals surface area contributed by atoms with Gasteiger partial charge in [0.1, 0.15) is 0 Å². The summed E-state index contributed by atoms with van der Waals surface area (Å²) >= 11 is 0. The third kappa shape index (κ3) is 7.15. The van der Waals surface area contributed by atoms with E-state index in [9.17, 15) is 0 Å². The van der Waals surface area contributed by atoms with E-state index in [0.29, 0.717) is 5.41 Å². The van der Waals surface area contributed by atoms with Gasteiger partial charge < -0.3 is 0 Å². The second kappa shape index (κ2) is 10.5. The Morgan fingerprint density at radius 2 is 1.05 bits per heavy atom. The van der Waals surface area contributed by atoms with Crippen LogP contribution in [0.3, 0.4) is 0 Å². The highest BCUT2D eigenvalue weighted by atomic mass is 15.5. The highest BCUT2D eigenvalue weighted by Gasteiger charge is 2.31. The quantitative estimate of drug-likeness (QED) is 0.332. The van der Waals surface area contributed by atoms with Gasteiger partial charge in [-0.05, 0) is 75.0 Å². The Hall–Kier alpha value is -3.00. The molecule has 0 aliphatic carbocycles. The number of rotatable bonds is 7. The fourth-order valence-electron chi connectivity index (χ4n) is 6.78. The highest BCUT2D eigenvalue weighted by molar-refractivity contribution is 5.72. The Morgan fingerprint density at radius 3 is 1.51 bits per heavy atom. The Bertz CT molecular complexity index is 1260. The second-order valence-corrected chi connectivity index (χ2v) is 15.3. The molecule has 2 heteroatoms. The molecule has 0 bridgehead atoms. The predicted molar refractivity (Wildman–Crippen MR) is 170 cm³/mol. The van der Waals surface area contributed by atoms with E-state index < -0.39 is 0 Å². The molecule has 0 amide bonds. The first kappa shape index (κ1) is 29.0. The van der Waals surface area contributed by atoms with Gasteiger partial charge in [-0.3, -0.25) is 10.4 Å². The molecule has 1 heterocycles. The fourth-order valence-corrected chi connectivity index (χ4v) is 6.78. The monoisotopic (exact) mass is 522 g/mol. The zero-order chi connectivity index (χ0) is 28.6. The molecule has 1 unspecified atom stereocenters. The number of nitrogens with one attached hydrogen (secondary N) is 1. The van der Waals surface area contributed by atoms with Crippen LogP contribution >= 0.6 is 0 Å². The van der Waals surface area contributed by atoms with Gasteiger partial charge in [-0.15, -0.1) is 0 Å². The number of benzene rings is 3. The van der Waals surface area contributed by atoms with Crippen molar-refractivity contribution in [3.8, 4) is 0 Å². The molecule has 39 heavy (non-hydrogen) atoms. The molecular formula is C37H50N2. The van der Waals surface area contributed by atoms with E-state index in [1.54, 1.807) is 0 Å². The third-order valence-electron chi connectivity index (χ3n) is 7.83. The van der Waals surface area contributed by atoms with Gasteiger partial charge >= 0.3 is 0 Å². The van der Waals surface area contributed by atoms with Gasteiger partial charge in [0, 0.05) is 0 Å². The van der Waals surface area contributed by atoms with Crippen LogP contribution in [0.5, 0.6) is 0 Å². The van der Waals surface area contributed by atoms with Crippen LogP contribution in [-0.4, -0.2) is 0 Å². The summed E-state index contributed by atoms with van der Waals surface area (Å²) < 4.78 is 0. The van der Waals surface area contributed by atoms with Crippen molar-refractivity contribution in [3.63, 3.8) is 0 Å². The lowest BCUT2D eigenvalue weighted by molar-refractivity contribution is 0.283. The zero-order valence-electron chi connectivity index (χ0n) is 26.0. The maximum atomic E-state index is 3.76. The molecule has 0 radical (unpaired) electrons. The van der Waals surface area contributed by atoms with E-state index in [1.807, 2.05) is 0 Å². The van der Waals surface area contributed by atoms with Gasteiger partial charge in [0.15, 0.2) is 0 Å². The van der Waals surface area contributed by atoms with Crippen LogP contribution < -0.4 is 10.4 Å². The van der Waals surface area contributed by atoms with Crippen molar-refractivity contribution in [2.24, 2.45) is 10.8 Å². The molecule has 208 valence electrons. The van der Waals surface area contributed by atoms with Crippen molar-refractivity contribution in [1.82, 2.24) is 5.43 Å². The largest absolute Gasteiger partial charge is 0.297 e. The summed E-state index contributed by atoms with van der Waals surface area (Å²) in [5.74, 6) is 0. The molecule has 3 aromatic rings. The van der Waals surface area contributed by atoms with Crippen molar-refractivity contribution in [1.29, 1.82) is 0 Å². The fraction of sp³-hybridized carbons (Fsp3) is 0.459. The van der Waals surface area contributed by atoms with Crippen LogP contribution in [0, 0.1) is 10.8 Å². The molecule has 4 rings (SSSR count). The van der Waals surface area contributed by atoms with Crippen molar-refractivity contribution in [2.75, 3.05) is 5.01 Å². The summed E-state index contributed by atoms with van der Waals surface area (Å²) in [6.07, 6.45) is 4.65. The first-order valence-corrected chi connectivity index (χ1v) is 14.6. The normalized spacial score (nSPS) is 16.7. The first-order valence-electron chi connectivity index (χ1n) is 14.6. The van der Waals surface area contributed by atoms with Crippen LogP contribution in [0.4, 0.5) is 5.69 Å². The van der Waals surface area contributed by atoms with E-state index in [1.165, 1.54) is 27.9 Å². The maximum absolute atomic E-state index is 3.76. The summed E-state index contributed by atoms with van der Waals surface area (Å²) in [6.45, 7) is 23.4. The molecule has 1 aliphatic heterocycles. The third-order valence-corrected chi connectivity index (χ3v) is 7.83. The number of hydrazine groups is 1. The highest BCUT2D eigenvalue weighted by Crippen LogP contribution is 2.40. The summed E-state index contributed by atoms with van der Waals surface area (Å²) in [5.41, 5.74) is 12.2. The van der Waals surface area contributed by atoms with Crippen LogP contribution in [0.25, 0.3) is 5.70 Å². The molecule has 2 nitrogen and oxygen atoms in total. The lowest BCUT2D eigenvalue weighted by Gasteiger charge is -2.34. The Morgan fingerprint density at radius 1 is 0.590 bits per heavy atom. The zero-order valence-corrected chi connectivity index (χ0v) is 26.0. The van der Waals surface area contributed by atoms with E-state index in [0.717, 1.165) is 18.5 Å². The lowest BCUT2D eigenvalue weighted by atomic mass is 9.72. The van der Waals surface area contributed by atoms with Crippen molar-refractivity contribution in [3.05, 3.63) is 107 Å². The summed E-state index contributed by atoms with van der Waals surface area (Å²) in [5, 5.41) is 2.31. The van der Waals surface area contributed by atoms with Crippen LogP contribution in [-0.2, 0) is 10.8 Å². The molecule has 1 aliphatic rings. The number of nitrogens with zero attached hydrogens (tertiary/aromatic N) is 1. The summed E-state index contributed by atoms with van der Waals surface area (Å²) in [7, 11) is 0. The molecular weight excluding hydrogens is 472 g/mol. The molecule has 3 aromatic carbocycles. The number of hydrogen-bond donors (Lipinski definition) is 1. The van der Waals surface area contributed by atoms with Gasteiger partial charge in [-0.2, -0.15) is 0 Å². The summed E-state index contributed by atoms with van der Waals surface area (Å²) in [4.78, 5) is 0. The van der Waals surface area contributed by atoms with E-state index in [-0.39, 0.29) is 22.3 Å². The maximum Gasteiger partial charge on any atom is 0.0958 e. The molecule has 1 atom stereocenters. The average Bonchev–Trinajstić information content (AvgIpc) is 3.27. The second-order valence-electron chi connectivity index (χ2n) is 15.3. The van der Waals surface area contributed by atoms with Crippen molar-refractivity contribution in [2.45, 2.75) is 99.0 Å². The molecule has 0 saturated carbocycles. The molecule has 0 saturated heterocycles. The first-order chi connectivity index (χ1) is 18.0. The van der Waals surface area contributed by atoms with Crippen molar-refractivity contribution < 1.29 is 0 Å². The predicted octanol–water partition coefficient (Wildman–Crippen LogP) is 10.2. The van der Waals surface area contributed by atoms with Gasteiger partial charge in [-0.1, -0.05) is 136 Å². The van der Waals surface area contributed by atoms with Crippen LogP contribution in [0.15, 0.2) is 84.9 Å². The molecule has 0 fully saturated rings. The van der Waals surface area contributed by atoms with Crippen LogP contribution in [0.1, 0.15) is 110 Å². The SMILES string of the molecule is CC(C)(C)CC(C)(C)c1ccc(C2=CC(c3ccccc3)N(c3ccc(C(C)(C)CC(C)(C)C)cc3)N2)cc1. The smallest absolute Gasteiger partial charge is 0.0958 e.